The average molecular weight is 242 g/mol. The van der Waals surface area contributed by atoms with Crippen LogP contribution in [0.5, 0.6) is 0 Å². The van der Waals surface area contributed by atoms with E-state index in [1.54, 1.807) is 0 Å². The molecule has 0 bridgehead atoms. The number of likely N-dealkylation sites (tertiary alicyclic amines) is 1. The predicted molar refractivity (Wildman–Crippen MR) is 63.6 cm³/mol. The monoisotopic (exact) mass is 242 g/mol. The molecule has 98 valence electrons. The van der Waals surface area contributed by atoms with Crippen LogP contribution < -0.4 is 5.32 Å². The molecule has 2 unspecified atom stereocenters. The first-order valence-electron chi connectivity index (χ1n) is 6.39. The normalized spacial score (nSPS) is 31.9. The molecule has 0 spiro atoms. The van der Waals surface area contributed by atoms with Gasteiger partial charge >= 0.3 is 0 Å². The molecule has 2 fully saturated rings. The highest BCUT2D eigenvalue weighted by molar-refractivity contribution is 5.76. The Balaban J connectivity index is 1.86. The van der Waals surface area contributed by atoms with Crippen LogP contribution in [0.25, 0.3) is 0 Å². The molecule has 0 aliphatic carbocycles. The number of fused-ring (bicyclic) bond motifs is 1. The van der Waals surface area contributed by atoms with Gasteiger partial charge in [-0.1, -0.05) is 0 Å². The third-order valence-corrected chi connectivity index (χ3v) is 4.01. The fourth-order valence-electron chi connectivity index (χ4n) is 2.90. The number of amides is 1. The molecule has 0 aromatic rings. The van der Waals surface area contributed by atoms with Crippen molar-refractivity contribution in [3.8, 4) is 0 Å². The summed E-state index contributed by atoms with van der Waals surface area (Å²) in [6, 6.07) is 0. The standard InChI is InChI=1S/C12H22N2O3/c1-2-17-4-3-11(16)14-6-10-5-13-7-12(10,8-14)9-15/h10,13,15H,2-9H2,1H3. The van der Waals surface area contributed by atoms with Gasteiger partial charge in [-0.25, -0.2) is 0 Å². The molecule has 5 nitrogen and oxygen atoms in total. The zero-order valence-electron chi connectivity index (χ0n) is 10.4. The van der Waals surface area contributed by atoms with E-state index in [0.29, 0.717) is 32.1 Å². The molecule has 2 aliphatic rings. The number of carbonyl (C=O) groups excluding carboxylic acids is 1. The first kappa shape index (κ1) is 12.8. The van der Waals surface area contributed by atoms with Crippen molar-refractivity contribution >= 4 is 5.91 Å². The van der Waals surface area contributed by atoms with E-state index in [-0.39, 0.29) is 17.9 Å². The van der Waals surface area contributed by atoms with Gasteiger partial charge in [0.25, 0.3) is 0 Å². The fourth-order valence-corrected chi connectivity index (χ4v) is 2.90. The Kier molecular flexibility index (Phi) is 4.01. The second-order valence-electron chi connectivity index (χ2n) is 5.07. The van der Waals surface area contributed by atoms with Crippen LogP contribution in [0.1, 0.15) is 13.3 Å². The summed E-state index contributed by atoms with van der Waals surface area (Å²) in [5.41, 5.74) is -0.0960. The minimum atomic E-state index is -0.0960. The number of ether oxygens (including phenoxy) is 1. The van der Waals surface area contributed by atoms with E-state index in [0.717, 1.165) is 19.6 Å². The molecule has 2 heterocycles. The van der Waals surface area contributed by atoms with Crippen LogP contribution in [0.2, 0.25) is 0 Å². The molecular weight excluding hydrogens is 220 g/mol. The number of rotatable bonds is 5. The van der Waals surface area contributed by atoms with Crippen molar-refractivity contribution in [2.24, 2.45) is 11.3 Å². The summed E-state index contributed by atoms with van der Waals surface area (Å²) in [5.74, 6) is 0.559. The van der Waals surface area contributed by atoms with Crippen molar-refractivity contribution in [1.82, 2.24) is 10.2 Å². The summed E-state index contributed by atoms with van der Waals surface area (Å²) in [6.45, 7) is 6.45. The summed E-state index contributed by atoms with van der Waals surface area (Å²) in [4.78, 5) is 13.8. The smallest absolute Gasteiger partial charge is 0.224 e. The van der Waals surface area contributed by atoms with Gasteiger partial charge in [0.15, 0.2) is 0 Å². The van der Waals surface area contributed by atoms with Crippen molar-refractivity contribution in [1.29, 1.82) is 0 Å². The minimum Gasteiger partial charge on any atom is -0.396 e. The van der Waals surface area contributed by atoms with Crippen LogP contribution in [0.3, 0.4) is 0 Å². The van der Waals surface area contributed by atoms with E-state index in [1.165, 1.54) is 0 Å². The van der Waals surface area contributed by atoms with Gasteiger partial charge < -0.3 is 20.1 Å². The van der Waals surface area contributed by atoms with Gasteiger partial charge in [-0.2, -0.15) is 0 Å². The molecule has 2 atom stereocenters. The Morgan fingerprint density at radius 3 is 3.12 bits per heavy atom. The maximum Gasteiger partial charge on any atom is 0.224 e. The van der Waals surface area contributed by atoms with Gasteiger partial charge in [-0.15, -0.1) is 0 Å². The topological polar surface area (TPSA) is 61.8 Å². The number of nitrogens with one attached hydrogen (secondary N) is 1. The summed E-state index contributed by atoms with van der Waals surface area (Å²) < 4.78 is 5.20. The molecule has 2 N–H and O–H groups in total. The first-order valence-corrected chi connectivity index (χ1v) is 6.39. The largest absolute Gasteiger partial charge is 0.396 e. The Morgan fingerprint density at radius 1 is 1.65 bits per heavy atom. The maximum absolute atomic E-state index is 12.0. The number of aliphatic hydroxyl groups is 1. The van der Waals surface area contributed by atoms with E-state index in [1.807, 2.05) is 11.8 Å². The molecule has 2 saturated heterocycles. The predicted octanol–water partition coefficient (Wildman–Crippen LogP) is -0.547. The molecule has 2 aliphatic heterocycles. The van der Waals surface area contributed by atoms with Crippen molar-refractivity contribution in [3.63, 3.8) is 0 Å². The number of aliphatic hydroxyl groups excluding tert-OH is 1. The summed E-state index contributed by atoms with van der Waals surface area (Å²) in [6.07, 6.45) is 0.454. The van der Waals surface area contributed by atoms with Crippen LogP contribution in [0.4, 0.5) is 0 Å². The molecule has 0 aromatic carbocycles. The number of carbonyl (C=O) groups is 1. The van der Waals surface area contributed by atoms with Gasteiger partial charge in [-0.3, -0.25) is 4.79 Å². The van der Waals surface area contributed by atoms with E-state index in [4.69, 9.17) is 4.74 Å². The first-order chi connectivity index (χ1) is 8.22. The minimum absolute atomic E-state index is 0.0960. The highest BCUT2D eigenvalue weighted by Crippen LogP contribution is 2.38. The summed E-state index contributed by atoms with van der Waals surface area (Å²) in [5, 5.41) is 12.8. The lowest BCUT2D eigenvalue weighted by Crippen LogP contribution is -2.38. The van der Waals surface area contributed by atoms with E-state index < -0.39 is 0 Å². The molecular formula is C12H22N2O3. The lowest BCUT2D eigenvalue weighted by Gasteiger charge is -2.25. The fraction of sp³-hybridized carbons (Fsp3) is 0.917. The molecule has 5 heteroatoms. The van der Waals surface area contributed by atoms with E-state index in [2.05, 4.69) is 5.32 Å². The lowest BCUT2D eigenvalue weighted by molar-refractivity contribution is -0.131. The van der Waals surface area contributed by atoms with Gasteiger partial charge in [0.1, 0.15) is 0 Å². The van der Waals surface area contributed by atoms with Crippen LogP contribution >= 0.6 is 0 Å². The Bertz CT molecular complexity index is 285. The summed E-state index contributed by atoms with van der Waals surface area (Å²) in [7, 11) is 0. The molecule has 17 heavy (non-hydrogen) atoms. The van der Waals surface area contributed by atoms with E-state index in [9.17, 15) is 9.90 Å². The lowest BCUT2D eigenvalue weighted by atomic mass is 9.82. The van der Waals surface area contributed by atoms with Crippen LogP contribution in [-0.4, -0.2) is 61.9 Å². The second kappa shape index (κ2) is 5.33. The SMILES string of the molecule is CCOCCC(=O)N1CC2CNCC2(CO)C1. The second-order valence-corrected chi connectivity index (χ2v) is 5.07. The molecule has 0 aromatic heterocycles. The van der Waals surface area contributed by atoms with Gasteiger partial charge in [0, 0.05) is 38.2 Å². The zero-order valence-corrected chi connectivity index (χ0v) is 10.4. The van der Waals surface area contributed by atoms with Crippen LogP contribution in [0, 0.1) is 11.3 Å². The number of hydrogen-bond acceptors (Lipinski definition) is 4. The Labute approximate surface area is 102 Å². The van der Waals surface area contributed by atoms with E-state index >= 15 is 0 Å². The van der Waals surface area contributed by atoms with Gasteiger partial charge in [0.05, 0.1) is 19.6 Å². The number of nitrogens with zero attached hydrogens (tertiary/aromatic N) is 1. The molecule has 1 amide bonds. The summed E-state index contributed by atoms with van der Waals surface area (Å²) >= 11 is 0. The zero-order chi connectivity index (χ0) is 12.3. The van der Waals surface area contributed by atoms with Gasteiger partial charge in [0.2, 0.25) is 5.91 Å². The Hall–Kier alpha value is -0.650. The highest BCUT2D eigenvalue weighted by Gasteiger charge is 2.50. The molecule has 0 saturated carbocycles. The van der Waals surface area contributed by atoms with Crippen LogP contribution in [0.15, 0.2) is 0 Å². The van der Waals surface area contributed by atoms with Crippen molar-refractivity contribution < 1.29 is 14.6 Å². The molecule has 0 radical (unpaired) electrons. The van der Waals surface area contributed by atoms with Crippen molar-refractivity contribution in [2.75, 3.05) is 46.0 Å². The highest BCUT2D eigenvalue weighted by atomic mass is 16.5. The third kappa shape index (κ3) is 2.46. The van der Waals surface area contributed by atoms with Crippen molar-refractivity contribution in [2.45, 2.75) is 13.3 Å². The van der Waals surface area contributed by atoms with Gasteiger partial charge in [-0.05, 0) is 12.8 Å². The third-order valence-electron chi connectivity index (χ3n) is 4.01. The van der Waals surface area contributed by atoms with Crippen molar-refractivity contribution in [3.05, 3.63) is 0 Å². The average Bonchev–Trinajstić information content (AvgIpc) is 2.85. The Morgan fingerprint density at radius 2 is 2.47 bits per heavy atom. The quantitative estimate of drug-likeness (QED) is 0.635. The molecule has 2 rings (SSSR count). The maximum atomic E-state index is 12.0. The van der Waals surface area contributed by atoms with Crippen LogP contribution in [-0.2, 0) is 9.53 Å². The number of hydrogen-bond donors (Lipinski definition) is 2.